The van der Waals surface area contributed by atoms with Crippen LogP contribution >= 0.6 is 0 Å². The van der Waals surface area contributed by atoms with Crippen LogP contribution in [-0.2, 0) is 4.79 Å². The third kappa shape index (κ3) is 3.17. The highest BCUT2D eigenvalue weighted by molar-refractivity contribution is 5.96. The Morgan fingerprint density at radius 1 is 1.17 bits per heavy atom. The third-order valence-electron chi connectivity index (χ3n) is 3.24. The molecule has 2 aromatic carbocycles. The van der Waals surface area contributed by atoms with Gasteiger partial charge in [0.1, 0.15) is 11.3 Å². The molecule has 0 fully saturated rings. The highest BCUT2D eigenvalue weighted by atomic mass is 19.4. The lowest BCUT2D eigenvalue weighted by molar-refractivity contribution is -0.167. The molecule has 1 heterocycles. The first-order chi connectivity index (χ1) is 11.4. The zero-order chi connectivity index (χ0) is 17.3. The summed E-state index contributed by atoms with van der Waals surface area (Å²) < 4.78 is 47.5. The minimum absolute atomic E-state index is 0.0144. The number of benzene rings is 2. The molecule has 0 bridgehead atoms. The monoisotopic (exact) mass is 336 g/mol. The van der Waals surface area contributed by atoms with Gasteiger partial charge in [-0.05, 0) is 42.5 Å². The lowest BCUT2D eigenvalue weighted by atomic mass is 10.2. The molecule has 0 saturated carbocycles. The summed E-state index contributed by atoms with van der Waals surface area (Å²) in [5.41, 5.74) is 1.40. The predicted octanol–water partition coefficient (Wildman–Crippen LogP) is 4.00. The van der Waals surface area contributed by atoms with Gasteiger partial charge < -0.3 is 14.5 Å². The average Bonchev–Trinajstić information content (AvgIpc) is 2.97. The zero-order valence-corrected chi connectivity index (χ0v) is 12.3. The number of alkyl halides is 3. The Labute approximate surface area is 134 Å². The number of anilines is 1. The molecule has 0 aliphatic heterocycles. The zero-order valence-electron chi connectivity index (χ0n) is 12.3. The van der Waals surface area contributed by atoms with E-state index in [1.807, 2.05) is 0 Å². The van der Waals surface area contributed by atoms with Crippen LogP contribution in [0.3, 0.4) is 0 Å². The topological polar surface area (TPSA) is 64.4 Å². The number of methoxy groups -OCH3 is 1. The maximum Gasteiger partial charge on any atom is 0.471 e. The van der Waals surface area contributed by atoms with Crippen LogP contribution < -0.4 is 10.1 Å². The van der Waals surface area contributed by atoms with Gasteiger partial charge in [-0.25, -0.2) is 4.98 Å². The number of oxazole rings is 1. The summed E-state index contributed by atoms with van der Waals surface area (Å²) in [6.45, 7) is 0. The van der Waals surface area contributed by atoms with E-state index in [4.69, 9.17) is 9.15 Å². The van der Waals surface area contributed by atoms with Gasteiger partial charge in [0, 0.05) is 11.3 Å². The van der Waals surface area contributed by atoms with Crippen molar-refractivity contribution in [1.82, 2.24) is 4.98 Å². The van der Waals surface area contributed by atoms with Gasteiger partial charge in [-0.2, -0.15) is 13.2 Å². The van der Waals surface area contributed by atoms with Crippen molar-refractivity contribution >= 4 is 22.7 Å². The number of carbonyl (C=O) groups excluding carboxylic acids is 1. The van der Waals surface area contributed by atoms with Crippen molar-refractivity contribution < 1.29 is 27.1 Å². The summed E-state index contributed by atoms with van der Waals surface area (Å²) in [6, 6.07) is 11.0. The molecule has 1 amide bonds. The number of ether oxygens (including phenoxy) is 1. The molecule has 124 valence electrons. The molecule has 3 rings (SSSR count). The van der Waals surface area contributed by atoms with E-state index in [2.05, 4.69) is 4.98 Å². The minimum Gasteiger partial charge on any atom is -0.497 e. The van der Waals surface area contributed by atoms with Gasteiger partial charge in [0.2, 0.25) is 5.89 Å². The van der Waals surface area contributed by atoms with E-state index in [1.165, 1.54) is 18.2 Å². The Bertz CT molecular complexity index is 886. The van der Waals surface area contributed by atoms with Crippen LogP contribution in [0, 0.1) is 0 Å². The van der Waals surface area contributed by atoms with Crippen molar-refractivity contribution in [3.63, 3.8) is 0 Å². The molecule has 0 spiro atoms. The SMILES string of the molecule is COc1ccc(-c2nc3cc(NC(=O)C(F)(F)F)ccc3o2)cc1. The number of aromatic nitrogens is 1. The fraction of sp³-hybridized carbons (Fsp3) is 0.125. The molecule has 0 unspecified atom stereocenters. The third-order valence-corrected chi connectivity index (χ3v) is 3.24. The van der Waals surface area contributed by atoms with E-state index < -0.39 is 12.1 Å². The normalized spacial score (nSPS) is 11.5. The molecule has 3 aromatic rings. The van der Waals surface area contributed by atoms with E-state index in [-0.39, 0.29) is 5.69 Å². The molecule has 1 N–H and O–H groups in total. The standard InChI is InChI=1S/C16H11F3N2O3/c1-23-11-5-2-9(3-6-11)14-21-12-8-10(4-7-13(12)24-14)20-15(22)16(17,18)19/h2-8H,1H3,(H,20,22). The van der Waals surface area contributed by atoms with Gasteiger partial charge in [0.25, 0.3) is 0 Å². The van der Waals surface area contributed by atoms with E-state index in [0.717, 1.165) is 0 Å². The molecule has 8 heteroatoms. The van der Waals surface area contributed by atoms with E-state index in [9.17, 15) is 18.0 Å². The Kier molecular flexibility index (Phi) is 3.88. The molecule has 0 radical (unpaired) electrons. The maximum atomic E-state index is 12.3. The Morgan fingerprint density at radius 2 is 1.88 bits per heavy atom. The van der Waals surface area contributed by atoms with Crippen molar-refractivity contribution in [1.29, 1.82) is 0 Å². The molecular formula is C16H11F3N2O3. The molecule has 24 heavy (non-hydrogen) atoms. The summed E-state index contributed by atoms with van der Waals surface area (Å²) >= 11 is 0. The van der Waals surface area contributed by atoms with Crippen LogP contribution in [0.1, 0.15) is 0 Å². The predicted molar refractivity (Wildman–Crippen MR) is 80.7 cm³/mol. The number of amides is 1. The number of hydrogen-bond donors (Lipinski definition) is 1. The minimum atomic E-state index is -4.95. The van der Waals surface area contributed by atoms with Crippen molar-refractivity contribution in [2.75, 3.05) is 12.4 Å². The highest BCUT2D eigenvalue weighted by Gasteiger charge is 2.38. The Balaban J connectivity index is 1.89. The van der Waals surface area contributed by atoms with Gasteiger partial charge in [-0.15, -0.1) is 0 Å². The number of hydrogen-bond acceptors (Lipinski definition) is 4. The number of halogens is 3. The second-order valence-electron chi connectivity index (χ2n) is 4.88. The second-order valence-corrected chi connectivity index (χ2v) is 4.88. The molecule has 1 aromatic heterocycles. The lowest BCUT2D eigenvalue weighted by Crippen LogP contribution is -2.29. The van der Waals surface area contributed by atoms with Crippen molar-refractivity contribution in [3.05, 3.63) is 42.5 Å². The Morgan fingerprint density at radius 3 is 2.50 bits per heavy atom. The largest absolute Gasteiger partial charge is 0.497 e. The molecule has 0 aliphatic rings. The molecule has 0 atom stereocenters. The van der Waals surface area contributed by atoms with Crippen molar-refractivity contribution in [2.45, 2.75) is 6.18 Å². The molecule has 0 aliphatic carbocycles. The number of nitrogens with zero attached hydrogens (tertiary/aromatic N) is 1. The first-order valence-corrected chi connectivity index (χ1v) is 6.80. The van der Waals surface area contributed by atoms with Crippen LogP contribution in [-0.4, -0.2) is 24.2 Å². The molecule has 0 saturated heterocycles. The first-order valence-electron chi connectivity index (χ1n) is 6.80. The summed E-state index contributed by atoms with van der Waals surface area (Å²) in [4.78, 5) is 15.2. The maximum absolute atomic E-state index is 12.3. The average molecular weight is 336 g/mol. The number of carbonyl (C=O) groups is 1. The molecular weight excluding hydrogens is 325 g/mol. The van der Waals surface area contributed by atoms with Crippen LogP contribution in [0.2, 0.25) is 0 Å². The summed E-state index contributed by atoms with van der Waals surface area (Å²) in [5, 5.41) is 1.78. The smallest absolute Gasteiger partial charge is 0.471 e. The van der Waals surface area contributed by atoms with Crippen LogP contribution in [0.5, 0.6) is 5.75 Å². The first kappa shape index (κ1) is 15.9. The van der Waals surface area contributed by atoms with Gasteiger partial charge >= 0.3 is 12.1 Å². The van der Waals surface area contributed by atoms with Crippen LogP contribution in [0.15, 0.2) is 46.9 Å². The number of rotatable bonds is 3. The van der Waals surface area contributed by atoms with E-state index >= 15 is 0 Å². The van der Waals surface area contributed by atoms with Gasteiger partial charge in [-0.3, -0.25) is 4.79 Å². The van der Waals surface area contributed by atoms with Crippen LogP contribution in [0.25, 0.3) is 22.6 Å². The number of fused-ring (bicyclic) bond motifs is 1. The highest BCUT2D eigenvalue weighted by Crippen LogP contribution is 2.28. The summed E-state index contributed by atoms with van der Waals surface area (Å²) in [7, 11) is 1.55. The van der Waals surface area contributed by atoms with Crippen molar-refractivity contribution in [3.8, 4) is 17.2 Å². The summed E-state index contributed by atoms with van der Waals surface area (Å²) in [6.07, 6.45) is -4.95. The second kappa shape index (κ2) is 5.88. The van der Waals surface area contributed by atoms with Crippen LogP contribution in [0.4, 0.5) is 18.9 Å². The van der Waals surface area contributed by atoms with Gasteiger partial charge in [-0.1, -0.05) is 0 Å². The van der Waals surface area contributed by atoms with Crippen molar-refractivity contribution in [2.24, 2.45) is 0 Å². The van der Waals surface area contributed by atoms with E-state index in [1.54, 1.807) is 36.7 Å². The fourth-order valence-electron chi connectivity index (χ4n) is 2.06. The fourth-order valence-corrected chi connectivity index (χ4v) is 2.06. The summed E-state index contributed by atoms with van der Waals surface area (Å²) in [5.74, 6) is -1.06. The van der Waals surface area contributed by atoms with Gasteiger partial charge in [0.05, 0.1) is 7.11 Å². The quantitative estimate of drug-likeness (QED) is 0.785. The molecule has 5 nitrogen and oxygen atoms in total. The number of nitrogens with one attached hydrogen (secondary N) is 1. The van der Waals surface area contributed by atoms with E-state index in [0.29, 0.717) is 28.3 Å². The van der Waals surface area contributed by atoms with Gasteiger partial charge in [0.15, 0.2) is 5.58 Å². The lowest BCUT2D eigenvalue weighted by Gasteiger charge is -2.07. The Hall–Kier alpha value is -3.03.